The molecule has 1 amide bonds. The third kappa shape index (κ3) is 2.07. The average molecular weight is 233 g/mol. The molecule has 1 N–H and O–H groups in total. The van der Waals surface area contributed by atoms with Gasteiger partial charge in [0.1, 0.15) is 0 Å². The molecule has 1 atom stereocenters. The number of hydrogen-bond acceptors (Lipinski definition) is 2. The van der Waals surface area contributed by atoms with Gasteiger partial charge in [0.05, 0.1) is 0 Å². The summed E-state index contributed by atoms with van der Waals surface area (Å²) in [5.41, 5.74) is 2.93. The van der Waals surface area contributed by atoms with Gasteiger partial charge in [0, 0.05) is 30.7 Å². The first-order chi connectivity index (χ1) is 8.04. The van der Waals surface area contributed by atoms with Crippen LogP contribution in [0.4, 0.5) is 0 Å². The molecule has 0 bridgehead atoms. The Morgan fingerprint density at radius 3 is 2.65 bits per heavy atom. The van der Waals surface area contributed by atoms with E-state index in [1.807, 2.05) is 43.9 Å². The number of aliphatic hydroxyl groups is 1. The number of fused-ring (bicyclic) bond motifs is 1. The van der Waals surface area contributed by atoms with Crippen LogP contribution >= 0.6 is 0 Å². The van der Waals surface area contributed by atoms with Crippen LogP contribution in [0, 0.1) is 0 Å². The lowest BCUT2D eigenvalue weighted by atomic mass is 9.98. The lowest BCUT2D eigenvalue weighted by molar-refractivity contribution is 0.0730. The molecule has 0 fully saturated rings. The summed E-state index contributed by atoms with van der Waals surface area (Å²) in [5.74, 6) is 0.197. The van der Waals surface area contributed by atoms with Crippen molar-refractivity contribution in [3.05, 3.63) is 34.9 Å². The number of carbonyl (C=O) groups excluding carboxylic acids is 1. The van der Waals surface area contributed by atoms with E-state index < -0.39 is 0 Å². The van der Waals surface area contributed by atoms with Crippen molar-refractivity contribution in [2.24, 2.45) is 0 Å². The summed E-state index contributed by atoms with van der Waals surface area (Å²) in [5, 5.41) is 9.15. The zero-order valence-electron chi connectivity index (χ0n) is 10.6. The third-order valence-electron chi connectivity index (χ3n) is 3.43. The standard InChI is InChI=1S/C14H19NO2/c1-9(2)15-7-12-5-4-11(10(3)8-16)6-13(12)14(15)17/h4-6,9-10,16H,7-8H2,1-3H3. The molecule has 1 heterocycles. The van der Waals surface area contributed by atoms with Crippen molar-refractivity contribution < 1.29 is 9.90 Å². The highest BCUT2D eigenvalue weighted by Gasteiger charge is 2.29. The predicted octanol–water partition coefficient (Wildman–Crippen LogP) is 2.15. The highest BCUT2D eigenvalue weighted by atomic mass is 16.3. The van der Waals surface area contributed by atoms with Crippen molar-refractivity contribution in [1.82, 2.24) is 4.90 Å². The van der Waals surface area contributed by atoms with Crippen LogP contribution < -0.4 is 0 Å². The van der Waals surface area contributed by atoms with Gasteiger partial charge in [0.2, 0.25) is 0 Å². The SMILES string of the molecule is CC(CO)c1ccc2c(c1)C(=O)N(C(C)C)C2. The molecule has 1 unspecified atom stereocenters. The highest BCUT2D eigenvalue weighted by molar-refractivity contribution is 5.98. The quantitative estimate of drug-likeness (QED) is 0.869. The second-order valence-electron chi connectivity index (χ2n) is 5.03. The van der Waals surface area contributed by atoms with Gasteiger partial charge in [-0.05, 0) is 31.0 Å². The maximum Gasteiger partial charge on any atom is 0.254 e. The molecule has 3 heteroatoms. The van der Waals surface area contributed by atoms with Crippen molar-refractivity contribution in [3.8, 4) is 0 Å². The molecule has 2 rings (SSSR count). The fourth-order valence-corrected chi connectivity index (χ4v) is 2.17. The van der Waals surface area contributed by atoms with Gasteiger partial charge in [-0.25, -0.2) is 0 Å². The Labute approximate surface area is 102 Å². The molecule has 92 valence electrons. The zero-order chi connectivity index (χ0) is 12.6. The molecule has 0 aromatic heterocycles. The zero-order valence-corrected chi connectivity index (χ0v) is 10.6. The van der Waals surface area contributed by atoms with E-state index in [9.17, 15) is 4.79 Å². The Kier molecular flexibility index (Phi) is 3.20. The van der Waals surface area contributed by atoms with Crippen LogP contribution in [0.3, 0.4) is 0 Å². The first-order valence-corrected chi connectivity index (χ1v) is 6.09. The second-order valence-corrected chi connectivity index (χ2v) is 5.03. The first kappa shape index (κ1) is 12.1. The topological polar surface area (TPSA) is 40.5 Å². The third-order valence-corrected chi connectivity index (χ3v) is 3.43. The van der Waals surface area contributed by atoms with E-state index in [-0.39, 0.29) is 24.5 Å². The minimum Gasteiger partial charge on any atom is -0.396 e. The summed E-state index contributed by atoms with van der Waals surface area (Å²) in [4.78, 5) is 14.0. The minimum absolute atomic E-state index is 0.0844. The molecular weight excluding hydrogens is 214 g/mol. The summed E-state index contributed by atoms with van der Waals surface area (Å²) in [6.07, 6.45) is 0. The molecule has 0 aliphatic carbocycles. The fraction of sp³-hybridized carbons (Fsp3) is 0.500. The van der Waals surface area contributed by atoms with E-state index in [1.54, 1.807) is 0 Å². The van der Waals surface area contributed by atoms with Crippen LogP contribution in [0.1, 0.15) is 48.2 Å². The van der Waals surface area contributed by atoms with Crippen molar-refractivity contribution in [1.29, 1.82) is 0 Å². The summed E-state index contributed by atoms with van der Waals surface area (Å²) in [6.45, 7) is 6.84. The summed E-state index contributed by atoms with van der Waals surface area (Å²) in [7, 11) is 0. The Bertz CT molecular complexity index is 440. The smallest absolute Gasteiger partial charge is 0.254 e. The molecule has 0 radical (unpaired) electrons. The Hall–Kier alpha value is -1.35. The number of benzene rings is 1. The summed E-state index contributed by atoms with van der Waals surface area (Å²) in [6, 6.07) is 6.18. The van der Waals surface area contributed by atoms with Crippen LogP contribution in [0.5, 0.6) is 0 Å². The normalized spacial score (nSPS) is 16.5. The van der Waals surface area contributed by atoms with E-state index in [4.69, 9.17) is 5.11 Å². The van der Waals surface area contributed by atoms with Crippen molar-refractivity contribution >= 4 is 5.91 Å². The number of carbonyl (C=O) groups is 1. The maximum atomic E-state index is 12.2. The molecule has 0 saturated heterocycles. The summed E-state index contributed by atoms with van der Waals surface area (Å²) < 4.78 is 0. The molecule has 1 aromatic carbocycles. The van der Waals surface area contributed by atoms with Gasteiger partial charge in [-0.15, -0.1) is 0 Å². The van der Waals surface area contributed by atoms with E-state index in [0.717, 1.165) is 16.7 Å². The lowest BCUT2D eigenvalue weighted by Gasteiger charge is -2.19. The van der Waals surface area contributed by atoms with Crippen LogP contribution in [0.15, 0.2) is 18.2 Å². The predicted molar refractivity (Wildman–Crippen MR) is 67.0 cm³/mol. The molecule has 0 spiro atoms. The van der Waals surface area contributed by atoms with Gasteiger partial charge >= 0.3 is 0 Å². The van der Waals surface area contributed by atoms with Crippen molar-refractivity contribution in [2.75, 3.05) is 6.61 Å². The van der Waals surface area contributed by atoms with Gasteiger partial charge in [-0.3, -0.25) is 4.79 Å². The molecule has 17 heavy (non-hydrogen) atoms. The van der Waals surface area contributed by atoms with Crippen LogP contribution in [0.25, 0.3) is 0 Å². The Morgan fingerprint density at radius 2 is 2.06 bits per heavy atom. The van der Waals surface area contributed by atoms with Gasteiger partial charge in [-0.1, -0.05) is 19.1 Å². The number of aliphatic hydroxyl groups excluding tert-OH is 1. The number of rotatable bonds is 3. The van der Waals surface area contributed by atoms with E-state index in [0.29, 0.717) is 6.54 Å². The Balaban J connectivity index is 2.34. The first-order valence-electron chi connectivity index (χ1n) is 6.09. The molecular formula is C14H19NO2. The van der Waals surface area contributed by atoms with Crippen LogP contribution in [-0.4, -0.2) is 28.6 Å². The van der Waals surface area contributed by atoms with Crippen molar-refractivity contribution in [2.45, 2.75) is 39.3 Å². The van der Waals surface area contributed by atoms with Gasteiger partial charge in [0.25, 0.3) is 5.91 Å². The number of amides is 1. The van der Waals surface area contributed by atoms with Gasteiger partial charge in [-0.2, -0.15) is 0 Å². The van der Waals surface area contributed by atoms with E-state index in [1.165, 1.54) is 0 Å². The maximum absolute atomic E-state index is 12.2. The van der Waals surface area contributed by atoms with Gasteiger partial charge in [0.15, 0.2) is 0 Å². The number of hydrogen-bond donors (Lipinski definition) is 1. The average Bonchev–Trinajstić information content (AvgIpc) is 2.65. The lowest BCUT2D eigenvalue weighted by Crippen LogP contribution is -2.30. The molecule has 3 nitrogen and oxygen atoms in total. The minimum atomic E-state index is 0.0844. The Morgan fingerprint density at radius 1 is 1.35 bits per heavy atom. The van der Waals surface area contributed by atoms with Gasteiger partial charge < -0.3 is 10.0 Å². The summed E-state index contributed by atoms with van der Waals surface area (Å²) >= 11 is 0. The molecule has 1 aromatic rings. The largest absolute Gasteiger partial charge is 0.396 e. The number of nitrogens with zero attached hydrogens (tertiary/aromatic N) is 1. The highest BCUT2D eigenvalue weighted by Crippen LogP contribution is 2.27. The van der Waals surface area contributed by atoms with Crippen LogP contribution in [0.2, 0.25) is 0 Å². The van der Waals surface area contributed by atoms with E-state index >= 15 is 0 Å². The molecule has 1 aliphatic rings. The molecule has 0 saturated carbocycles. The van der Waals surface area contributed by atoms with Crippen LogP contribution in [-0.2, 0) is 6.54 Å². The fourth-order valence-electron chi connectivity index (χ4n) is 2.17. The van der Waals surface area contributed by atoms with Crippen molar-refractivity contribution in [3.63, 3.8) is 0 Å². The van der Waals surface area contributed by atoms with E-state index in [2.05, 4.69) is 0 Å². The monoisotopic (exact) mass is 233 g/mol. The second kappa shape index (κ2) is 4.49. The molecule has 1 aliphatic heterocycles.